The monoisotopic (exact) mass is 642 g/mol. The second kappa shape index (κ2) is 21.1. The Labute approximate surface area is 287 Å². The first kappa shape index (κ1) is 43.2. The number of aldehydes is 1. The Morgan fingerprint density at radius 3 is 1.91 bits per heavy atom. The van der Waals surface area contributed by atoms with E-state index in [-0.39, 0.29) is 16.8 Å². The summed E-state index contributed by atoms with van der Waals surface area (Å²) in [6.45, 7) is 26.3. The van der Waals surface area contributed by atoms with Gasteiger partial charge in [-0.3, -0.25) is 9.59 Å². The first-order valence-corrected chi connectivity index (χ1v) is 16.6. The van der Waals surface area contributed by atoms with Crippen LogP contribution in [0.25, 0.3) is 0 Å². The zero-order valence-corrected chi connectivity index (χ0v) is 31.6. The van der Waals surface area contributed by atoms with Crippen molar-refractivity contribution in [3.63, 3.8) is 0 Å². The third-order valence-electron chi connectivity index (χ3n) is 8.34. The Bertz CT molecular complexity index is 1370. The minimum absolute atomic E-state index is 0.157. The zero-order valence-electron chi connectivity index (χ0n) is 31.6. The normalized spacial score (nSPS) is 19.6. The van der Waals surface area contributed by atoms with Gasteiger partial charge in [0.25, 0.3) is 0 Å². The zero-order chi connectivity index (χ0) is 36.3. The Balaban J connectivity index is 0.000000753. The van der Waals surface area contributed by atoms with Gasteiger partial charge in [-0.25, -0.2) is 0 Å². The van der Waals surface area contributed by atoms with Crippen LogP contribution in [0.15, 0.2) is 100 Å². The van der Waals surface area contributed by atoms with Crippen molar-refractivity contribution in [1.82, 2.24) is 0 Å². The van der Waals surface area contributed by atoms with Gasteiger partial charge in [-0.2, -0.15) is 0 Å². The molecule has 0 amide bonds. The van der Waals surface area contributed by atoms with Crippen LogP contribution in [0.1, 0.15) is 121 Å². The molecule has 4 heteroatoms. The fraction of sp³-hybridized carbons (Fsp3) is 0.512. The molecule has 2 aliphatic carbocycles. The van der Waals surface area contributed by atoms with Crippen LogP contribution in [-0.2, 0) is 19.1 Å². The van der Waals surface area contributed by atoms with Crippen molar-refractivity contribution in [2.24, 2.45) is 10.8 Å². The van der Waals surface area contributed by atoms with Crippen LogP contribution in [0.5, 0.6) is 0 Å². The van der Waals surface area contributed by atoms with E-state index in [1.165, 1.54) is 47.6 Å². The van der Waals surface area contributed by atoms with E-state index in [4.69, 9.17) is 11.2 Å². The lowest BCUT2D eigenvalue weighted by molar-refractivity contribution is -0.150. The number of allylic oxidation sites excluding steroid dienone is 12. The Kier molecular flexibility index (Phi) is 19.4. The van der Waals surface area contributed by atoms with Crippen molar-refractivity contribution < 1.29 is 19.1 Å². The molecule has 0 saturated carbocycles. The minimum Gasteiger partial charge on any atom is -0.504 e. The SMILES string of the molecule is C#CC(C)(C/C=C1\C(C)=CCCC1(C)C)OC(C)=O.C=C(C)/C=C/OC.CC(=C=CC/C(C)=C/C=O)C/C=C1\C(C)=CCCC1(C)C. The number of ether oxygens (including phenoxy) is 2. The summed E-state index contributed by atoms with van der Waals surface area (Å²) >= 11 is 0. The lowest BCUT2D eigenvalue weighted by atomic mass is 9.72. The van der Waals surface area contributed by atoms with E-state index < -0.39 is 5.60 Å². The van der Waals surface area contributed by atoms with E-state index in [9.17, 15) is 9.59 Å². The second-order valence-electron chi connectivity index (χ2n) is 14.1. The van der Waals surface area contributed by atoms with Crippen molar-refractivity contribution in [3.8, 4) is 12.3 Å². The quantitative estimate of drug-likeness (QED) is 0.0452. The van der Waals surface area contributed by atoms with Crippen LogP contribution in [0.3, 0.4) is 0 Å². The Morgan fingerprint density at radius 2 is 1.51 bits per heavy atom. The maximum absolute atomic E-state index is 11.1. The molecule has 2 rings (SSSR count). The van der Waals surface area contributed by atoms with Gasteiger partial charge in [0.05, 0.1) is 13.4 Å². The summed E-state index contributed by atoms with van der Waals surface area (Å²) in [7, 11) is 1.61. The number of hydrogen-bond donors (Lipinski definition) is 0. The van der Waals surface area contributed by atoms with Crippen LogP contribution in [0.4, 0.5) is 0 Å². The van der Waals surface area contributed by atoms with Crippen LogP contribution >= 0.6 is 0 Å². The molecular formula is C43H62O4. The third kappa shape index (κ3) is 17.6. The predicted octanol–water partition coefficient (Wildman–Crippen LogP) is 11.5. The second-order valence-corrected chi connectivity index (χ2v) is 14.1. The molecule has 0 spiro atoms. The smallest absolute Gasteiger partial charge is 0.304 e. The van der Waals surface area contributed by atoms with E-state index in [1.807, 2.05) is 19.9 Å². The summed E-state index contributed by atoms with van der Waals surface area (Å²) in [5, 5.41) is 0. The summed E-state index contributed by atoms with van der Waals surface area (Å²) in [5.41, 5.74) is 11.7. The summed E-state index contributed by atoms with van der Waals surface area (Å²) in [5.74, 6) is 2.25. The minimum atomic E-state index is -0.855. The van der Waals surface area contributed by atoms with E-state index in [2.05, 4.69) is 95.7 Å². The average molecular weight is 643 g/mol. The van der Waals surface area contributed by atoms with Crippen LogP contribution < -0.4 is 0 Å². The number of carbonyl (C=O) groups excluding carboxylic acids is 2. The van der Waals surface area contributed by atoms with Gasteiger partial charge in [0.15, 0.2) is 5.60 Å². The van der Waals surface area contributed by atoms with E-state index >= 15 is 0 Å². The highest BCUT2D eigenvalue weighted by molar-refractivity contribution is 5.67. The summed E-state index contributed by atoms with van der Waals surface area (Å²) in [6.07, 6.45) is 29.4. The molecule has 0 N–H and O–H groups in total. The van der Waals surface area contributed by atoms with Gasteiger partial charge in [0, 0.05) is 13.3 Å². The third-order valence-corrected chi connectivity index (χ3v) is 8.34. The molecule has 4 nitrogen and oxygen atoms in total. The van der Waals surface area contributed by atoms with Crippen LogP contribution in [-0.4, -0.2) is 25.0 Å². The molecule has 0 aromatic carbocycles. The Hall–Kier alpha value is -3.80. The molecule has 0 heterocycles. The van der Waals surface area contributed by atoms with Gasteiger partial charge in [-0.1, -0.05) is 86.8 Å². The fourth-order valence-corrected chi connectivity index (χ4v) is 5.54. The van der Waals surface area contributed by atoms with Gasteiger partial charge < -0.3 is 9.47 Å². The first-order valence-electron chi connectivity index (χ1n) is 16.6. The van der Waals surface area contributed by atoms with Gasteiger partial charge in [-0.05, 0) is 126 Å². The maximum atomic E-state index is 11.1. The number of hydrogen-bond acceptors (Lipinski definition) is 4. The topological polar surface area (TPSA) is 52.6 Å². The van der Waals surface area contributed by atoms with Crippen LogP contribution in [0, 0.1) is 23.2 Å². The number of rotatable bonds is 10. The first-order chi connectivity index (χ1) is 21.8. The standard InChI is InChI=1S/C20H28O.C17H24O2.C6H10O/c1-16(8-6-9-17(2)13-15-21)11-12-19-18(3)10-7-14-20(19,4)5;1-7-17(6,19-14(3)18)12-10-15-13(2)9-8-11-16(15,4)5;1-6(2)4-5-7-3/h6,10,12-13,15H,7,9,11,14H2,1-5H3;1,9-10H,8,11-12H2,2-6H3;4-5H,1H2,2-3H3/b17-13+,19-12+;15-10+;5-4+. The molecule has 1 atom stereocenters. The van der Waals surface area contributed by atoms with Crippen molar-refractivity contribution in [3.05, 3.63) is 100 Å². The maximum Gasteiger partial charge on any atom is 0.304 e. The van der Waals surface area contributed by atoms with Crippen molar-refractivity contribution in [1.29, 1.82) is 0 Å². The van der Waals surface area contributed by atoms with Gasteiger partial charge in [0.2, 0.25) is 0 Å². The summed E-state index contributed by atoms with van der Waals surface area (Å²) in [4.78, 5) is 21.5. The molecule has 2 aliphatic rings. The van der Waals surface area contributed by atoms with Crippen molar-refractivity contribution in [2.75, 3.05) is 7.11 Å². The van der Waals surface area contributed by atoms with Crippen molar-refractivity contribution >= 4 is 12.3 Å². The molecule has 0 saturated heterocycles. The highest BCUT2D eigenvalue weighted by Crippen LogP contribution is 2.41. The number of carbonyl (C=O) groups is 2. The number of esters is 1. The number of methoxy groups -OCH3 is 1. The van der Waals surface area contributed by atoms with Crippen molar-refractivity contribution in [2.45, 2.75) is 127 Å². The average Bonchev–Trinajstić information content (AvgIpc) is 2.95. The fourth-order valence-electron chi connectivity index (χ4n) is 5.54. The molecule has 0 fully saturated rings. The van der Waals surface area contributed by atoms with E-state index in [0.717, 1.165) is 43.1 Å². The van der Waals surface area contributed by atoms with Gasteiger partial charge in [0.1, 0.15) is 6.29 Å². The highest BCUT2D eigenvalue weighted by atomic mass is 16.6. The summed E-state index contributed by atoms with van der Waals surface area (Å²) in [6, 6.07) is 0. The molecule has 47 heavy (non-hydrogen) atoms. The van der Waals surface area contributed by atoms with Gasteiger partial charge in [-0.15, -0.1) is 12.2 Å². The molecule has 1 unspecified atom stereocenters. The lowest BCUT2D eigenvalue weighted by Gasteiger charge is -2.33. The molecule has 0 bridgehead atoms. The van der Waals surface area contributed by atoms with E-state index in [1.54, 1.807) is 32.4 Å². The highest BCUT2D eigenvalue weighted by Gasteiger charge is 2.29. The van der Waals surface area contributed by atoms with E-state index in [0.29, 0.717) is 6.42 Å². The van der Waals surface area contributed by atoms with Gasteiger partial charge >= 0.3 is 5.97 Å². The molecule has 0 aliphatic heterocycles. The lowest BCUT2D eigenvalue weighted by Crippen LogP contribution is -2.29. The molecule has 0 radical (unpaired) electrons. The Morgan fingerprint density at radius 1 is 0.979 bits per heavy atom. The molecular weight excluding hydrogens is 580 g/mol. The van der Waals surface area contributed by atoms with Crippen LogP contribution in [0.2, 0.25) is 0 Å². The predicted molar refractivity (Wildman–Crippen MR) is 201 cm³/mol. The molecule has 0 aromatic heterocycles. The largest absolute Gasteiger partial charge is 0.504 e. The molecule has 258 valence electrons. The number of terminal acetylenes is 1. The molecule has 0 aromatic rings. The summed E-state index contributed by atoms with van der Waals surface area (Å²) < 4.78 is 9.85.